The van der Waals surface area contributed by atoms with Crippen molar-refractivity contribution in [1.82, 2.24) is 10.2 Å². The van der Waals surface area contributed by atoms with Gasteiger partial charge in [-0.1, -0.05) is 18.2 Å². The first-order valence-electron chi connectivity index (χ1n) is 6.88. The largest absolute Gasteiger partial charge is 0.494 e. The van der Waals surface area contributed by atoms with Gasteiger partial charge in [0.2, 0.25) is 0 Å². The van der Waals surface area contributed by atoms with Crippen molar-refractivity contribution in [3.63, 3.8) is 0 Å². The van der Waals surface area contributed by atoms with E-state index in [1.165, 1.54) is 0 Å². The molecule has 0 radical (unpaired) electrons. The molecule has 0 saturated carbocycles. The van der Waals surface area contributed by atoms with Gasteiger partial charge >= 0.3 is 0 Å². The van der Waals surface area contributed by atoms with E-state index in [1.54, 1.807) is 0 Å². The second kappa shape index (κ2) is 7.25. The summed E-state index contributed by atoms with van der Waals surface area (Å²) in [6, 6.07) is 11.9. The monoisotopic (exact) mass is 282 g/mol. The Morgan fingerprint density at radius 1 is 1.19 bits per heavy atom. The number of benzene rings is 1. The number of aromatic nitrogens is 2. The normalized spacial score (nSPS) is 9.95. The van der Waals surface area contributed by atoms with Crippen LogP contribution in [0.1, 0.15) is 23.2 Å². The Kier molecular flexibility index (Phi) is 5.10. The van der Waals surface area contributed by atoms with Gasteiger partial charge in [0, 0.05) is 6.54 Å². The zero-order valence-corrected chi connectivity index (χ0v) is 12.3. The molecule has 0 fully saturated rings. The topological polar surface area (TPSA) is 70.8 Å². The molecular weight excluding hydrogens is 264 g/mol. The van der Waals surface area contributed by atoms with Crippen molar-refractivity contribution in [1.29, 1.82) is 5.26 Å². The summed E-state index contributed by atoms with van der Waals surface area (Å²) in [5, 5.41) is 20.4. The smallest absolute Gasteiger partial charge is 0.166 e. The lowest BCUT2D eigenvalue weighted by atomic mass is 10.1. The summed E-state index contributed by atoms with van der Waals surface area (Å²) >= 11 is 0. The van der Waals surface area contributed by atoms with Crippen LogP contribution in [0.3, 0.4) is 0 Å². The number of aryl methyl sites for hydroxylation is 1. The number of nitriles is 1. The molecule has 0 atom stereocenters. The highest BCUT2D eigenvalue weighted by molar-refractivity contribution is 5.55. The lowest BCUT2D eigenvalue weighted by Gasteiger charge is -2.10. The van der Waals surface area contributed by atoms with Crippen LogP contribution >= 0.6 is 0 Å². The fraction of sp³-hybridized carbons (Fsp3) is 0.312. The van der Waals surface area contributed by atoms with Crippen LogP contribution in [0.2, 0.25) is 0 Å². The van der Waals surface area contributed by atoms with Crippen LogP contribution in [-0.4, -0.2) is 23.3 Å². The Bertz CT molecular complexity index is 635. The number of ether oxygens (including phenoxy) is 1. The van der Waals surface area contributed by atoms with Gasteiger partial charge in [-0.3, -0.25) is 0 Å². The van der Waals surface area contributed by atoms with Crippen molar-refractivity contribution in [2.24, 2.45) is 0 Å². The summed E-state index contributed by atoms with van der Waals surface area (Å²) < 4.78 is 5.60. The average molecular weight is 282 g/mol. The van der Waals surface area contributed by atoms with Crippen molar-refractivity contribution in [3.05, 3.63) is 47.2 Å². The van der Waals surface area contributed by atoms with Crippen LogP contribution in [0.15, 0.2) is 30.3 Å². The van der Waals surface area contributed by atoms with E-state index in [4.69, 9.17) is 4.74 Å². The fourth-order valence-corrected chi connectivity index (χ4v) is 1.85. The minimum absolute atomic E-state index is 0.542. The van der Waals surface area contributed by atoms with Crippen LogP contribution in [-0.2, 0) is 0 Å². The third-order valence-corrected chi connectivity index (χ3v) is 3.19. The molecule has 1 heterocycles. The molecule has 0 bridgehead atoms. The first kappa shape index (κ1) is 14.8. The van der Waals surface area contributed by atoms with Crippen LogP contribution < -0.4 is 10.1 Å². The van der Waals surface area contributed by atoms with Gasteiger partial charge in [0.1, 0.15) is 17.4 Å². The van der Waals surface area contributed by atoms with Gasteiger partial charge in [-0.25, -0.2) is 0 Å². The second-order valence-electron chi connectivity index (χ2n) is 4.69. The average Bonchev–Trinajstić information content (AvgIpc) is 2.51. The van der Waals surface area contributed by atoms with Crippen molar-refractivity contribution < 1.29 is 4.74 Å². The zero-order valence-electron chi connectivity index (χ0n) is 12.3. The van der Waals surface area contributed by atoms with E-state index in [2.05, 4.69) is 21.6 Å². The van der Waals surface area contributed by atoms with E-state index >= 15 is 0 Å². The van der Waals surface area contributed by atoms with E-state index in [1.807, 2.05) is 44.2 Å². The summed E-state index contributed by atoms with van der Waals surface area (Å²) in [7, 11) is 0. The summed E-state index contributed by atoms with van der Waals surface area (Å²) in [5.74, 6) is 1.40. The Hall–Kier alpha value is -2.61. The van der Waals surface area contributed by atoms with Gasteiger partial charge in [-0.15, -0.1) is 5.10 Å². The van der Waals surface area contributed by atoms with E-state index in [0.29, 0.717) is 24.5 Å². The predicted octanol–water partition coefficient (Wildman–Crippen LogP) is 2.85. The molecule has 0 amide bonds. The summed E-state index contributed by atoms with van der Waals surface area (Å²) in [5.41, 5.74) is 2.21. The number of anilines is 1. The minimum atomic E-state index is 0.542. The fourth-order valence-electron chi connectivity index (χ4n) is 1.85. The molecule has 21 heavy (non-hydrogen) atoms. The van der Waals surface area contributed by atoms with Gasteiger partial charge in [0.25, 0.3) is 0 Å². The van der Waals surface area contributed by atoms with E-state index in [-0.39, 0.29) is 0 Å². The molecule has 1 aromatic heterocycles. The molecule has 2 rings (SSSR count). The van der Waals surface area contributed by atoms with Gasteiger partial charge in [-0.05, 0) is 38.0 Å². The third-order valence-electron chi connectivity index (χ3n) is 3.19. The molecule has 0 aliphatic rings. The molecule has 2 aromatic rings. The summed E-state index contributed by atoms with van der Waals surface area (Å²) in [6.07, 6.45) is 0.814. The van der Waals surface area contributed by atoms with Crippen molar-refractivity contribution in [2.45, 2.75) is 20.3 Å². The molecule has 1 N–H and O–H groups in total. The number of rotatable bonds is 6. The number of hydrogen-bond acceptors (Lipinski definition) is 5. The van der Waals surface area contributed by atoms with Crippen molar-refractivity contribution >= 4 is 5.82 Å². The molecule has 0 aliphatic heterocycles. The molecule has 108 valence electrons. The van der Waals surface area contributed by atoms with Gasteiger partial charge < -0.3 is 10.1 Å². The lowest BCUT2D eigenvalue weighted by molar-refractivity contribution is 0.315. The van der Waals surface area contributed by atoms with E-state index in [0.717, 1.165) is 23.4 Å². The first-order valence-corrected chi connectivity index (χ1v) is 6.88. The van der Waals surface area contributed by atoms with E-state index in [9.17, 15) is 5.26 Å². The Balaban J connectivity index is 1.82. The molecule has 5 nitrogen and oxygen atoms in total. The maximum absolute atomic E-state index is 9.19. The molecule has 0 saturated heterocycles. The lowest BCUT2D eigenvalue weighted by Crippen LogP contribution is -2.11. The standard InChI is InChI=1S/C16H18N4O/c1-12-13(2)19-20-16(15(12)11-17)18-9-6-10-21-14-7-4-3-5-8-14/h3-5,7-8H,6,9-10H2,1-2H3,(H,18,20). The molecule has 0 spiro atoms. The minimum Gasteiger partial charge on any atom is -0.494 e. The molecule has 5 heteroatoms. The van der Waals surface area contributed by atoms with Gasteiger partial charge in [-0.2, -0.15) is 10.4 Å². The number of nitrogens with one attached hydrogen (secondary N) is 1. The number of hydrogen-bond donors (Lipinski definition) is 1. The van der Waals surface area contributed by atoms with Crippen LogP contribution in [0.5, 0.6) is 5.75 Å². The van der Waals surface area contributed by atoms with Gasteiger partial charge in [0.05, 0.1) is 12.3 Å². The van der Waals surface area contributed by atoms with Crippen LogP contribution in [0.25, 0.3) is 0 Å². The third kappa shape index (κ3) is 3.93. The summed E-state index contributed by atoms with van der Waals surface area (Å²) in [4.78, 5) is 0. The Morgan fingerprint density at radius 3 is 2.67 bits per heavy atom. The zero-order chi connectivity index (χ0) is 15.1. The van der Waals surface area contributed by atoms with Crippen LogP contribution in [0, 0.1) is 25.2 Å². The molecule has 1 aromatic carbocycles. The Labute approximate surface area is 124 Å². The SMILES string of the molecule is Cc1nnc(NCCCOc2ccccc2)c(C#N)c1C. The van der Waals surface area contributed by atoms with Crippen molar-refractivity contribution in [2.75, 3.05) is 18.5 Å². The highest BCUT2D eigenvalue weighted by atomic mass is 16.5. The predicted molar refractivity (Wildman–Crippen MR) is 81.3 cm³/mol. The quantitative estimate of drug-likeness (QED) is 0.825. The van der Waals surface area contributed by atoms with Crippen molar-refractivity contribution in [3.8, 4) is 11.8 Å². The maximum atomic E-state index is 9.19. The molecular formula is C16H18N4O. The highest BCUT2D eigenvalue weighted by Gasteiger charge is 2.09. The number of para-hydroxylation sites is 1. The molecule has 0 unspecified atom stereocenters. The van der Waals surface area contributed by atoms with Crippen LogP contribution in [0.4, 0.5) is 5.82 Å². The first-order chi connectivity index (χ1) is 10.2. The number of nitrogens with zero attached hydrogens (tertiary/aromatic N) is 3. The second-order valence-corrected chi connectivity index (χ2v) is 4.69. The maximum Gasteiger partial charge on any atom is 0.166 e. The van der Waals surface area contributed by atoms with Gasteiger partial charge in [0.15, 0.2) is 5.82 Å². The van der Waals surface area contributed by atoms with E-state index < -0.39 is 0 Å². The summed E-state index contributed by atoms with van der Waals surface area (Å²) in [6.45, 7) is 5.02. The highest BCUT2D eigenvalue weighted by Crippen LogP contribution is 2.16. The molecule has 0 aliphatic carbocycles. The Morgan fingerprint density at radius 2 is 1.95 bits per heavy atom.